The minimum absolute atomic E-state index is 0.0266. The number of hydrogen-bond acceptors (Lipinski definition) is 5. The number of nitrogens with zero attached hydrogens (tertiary/aromatic N) is 2. The van der Waals surface area contributed by atoms with Gasteiger partial charge in [0.2, 0.25) is 11.1 Å². The Morgan fingerprint density at radius 2 is 2.10 bits per heavy atom. The Hall–Kier alpha value is -2.15. The zero-order valence-electron chi connectivity index (χ0n) is 11.1. The van der Waals surface area contributed by atoms with Crippen LogP contribution in [0.25, 0.3) is 0 Å². The van der Waals surface area contributed by atoms with E-state index in [1.54, 1.807) is 17.0 Å². The highest BCUT2D eigenvalue weighted by molar-refractivity contribution is 6.64. The quantitative estimate of drug-likeness (QED) is 0.489. The number of carbonyl (C=O) groups is 2. The average Bonchev–Trinajstić information content (AvgIpc) is 2.81. The van der Waals surface area contributed by atoms with Crippen molar-refractivity contribution in [3.63, 3.8) is 0 Å². The highest BCUT2D eigenvalue weighted by Gasteiger charge is 2.32. The number of amides is 1. The summed E-state index contributed by atoms with van der Waals surface area (Å²) in [6.45, 7) is 1.30. The first-order valence-electron chi connectivity index (χ1n) is 6.43. The Bertz CT molecular complexity index is 561. The minimum atomic E-state index is -0.478. The van der Waals surface area contributed by atoms with Crippen molar-refractivity contribution in [3.05, 3.63) is 34.4 Å². The Morgan fingerprint density at radius 3 is 2.62 bits per heavy atom. The molecule has 1 atom stereocenters. The summed E-state index contributed by atoms with van der Waals surface area (Å²) in [6, 6.07) is 6.03. The fourth-order valence-corrected chi connectivity index (χ4v) is 2.32. The van der Waals surface area contributed by atoms with Gasteiger partial charge in [0.1, 0.15) is 0 Å². The Balaban J connectivity index is 1.80. The van der Waals surface area contributed by atoms with Gasteiger partial charge in [-0.05, 0) is 23.7 Å². The molecule has 0 aliphatic carbocycles. The van der Waals surface area contributed by atoms with E-state index < -0.39 is 16.1 Å². The number of nitro groups is 1. The summed E-state index contributed by atoms with van der Waals surface area (Å²) in [5, 5.41) is 13.1. The number of nitro benzene ring substituents is 1. The SMILES string of the molecule is O=C(Cl)C1CC(=O)N(CCNc2ccc([N+](=O)[O-])cc2)C1. The lowest BCUT2D eigenvalue weighted by atomic mass is 10.1. The highest BCUT2D eigenvalue weighted by Crippen LogP contribution is 2.20. The largest absolute Gasteiger partial charge is 0.383 e. The van der Waals surface area contributed by atoms with E-state index in [2.05, 4.69) is 5.32 Å². The number of hydrogen-bond donors (Lipinski definition) is 1. The van der Waals surface area contributed by atoms with Crippen LogP contribution in [-0.4, -0.2) is 40.6 Å². The van der Waals surface area contributed by atoms with Crippen LogP contribution in [0.15, 0.2) is 24.3 Å². The van der Waals surface area contributed by atoms with Crippen LogP contribution in [0, 0.1) is 16.0 Å². The number of anilines is 1. The highest BCUT2D eigenvalue weighted by atomic mass is 35.5. The van der Waals surface area contributed by atoms with Gasteiger partial charge in [-0.2, -0.15) is 0 Å². The van der Waals surface area contributed by atoms with E-state index in [0.29, 0.717) is 19.6 Å². The van der Waals surface area contributed by atoms with Gasteiger partial charge in [-0.3, -0.25) is 19.7 Å². The van der Waals surface area contributed by atoms with Gasteiger partial charge in [0.25, 0.3) is 5.69 Å². The van der Waals surface area contributed by atoms with Crippen molar-refractivity contribution in [2.45, 2.75) is 6.42 Å². The molecular weight excluding hydrogens is 298 g/mol. The van der Waals surface area contributed by atoms with E-state index in [0.717, 1.165) is 5.69 Å². The van der Waals surface area contributed by atoms with Crippen LogP contribution in [0.5, 0.6) is 0 Å². The van der Waals surface area contributed by atoms with Crippen molar-refractivity contribution in [3.8, 4) is 0 Å². The van der Waals surface area contributed by atoms with Gasteiger partial charge in [-0.1, -0.05) is 0 Å². The van der Waals surface area contributed by atoms with E-state index in [1.165, 1.54) is 12.1 Å². The molecule has 1 aliphatic heterocycles. The molecule has 8 heteroatoms. The predicted octanol–water partition coefficient (Wildman–Crippen LogP) is 1.62. The molecule has 1 unspecified atom stereocenters. The number of rotatable bonds is 6. The molecule has 1 saturated heterocycles. The molecule has 21 heavy (non-hydrogen) atoms. The number of halogens is 1. The van der Waals surface area contributed by atoms with Crippen LogP contribution in [0.3, 0.4) is 0 Å². The van der Waals surface area contributed by atoms with Gasteiger partial charge >= 0.3 is 0 Å². The standard InChI is InChI=1S/C13H14ClN3O4/c14-13(19)9-7-12(18)16(8-9)6-5-15-10-1-3-11(4-2-10)17(20)21/h1-4,9,15H,5-8H2. The first-order chi connectivity index (χ1) is 9.97. The molecule has 0 spiro atoms. The van der Waals surface area contributed by atoms with Crippen molar-refractivity contribution >= 4 is 34.1 Å². The summed E-state index contributed by atoms with van der Waals surface area (Å²) < 4.78 is 0. The lowest BCUT2D eigenvalue weighted by molar-refractivity contribution is -0.384. The Kier molecular flexibility index (Phi) is 4.74. The summed E-state index contributed by atoms with van der Waals surface area (Å²) in [7, 11) is 0. The van der Waals surface area contributed by atoms with E-state index in [4.69, 9.17) is 11.6 Å². The summed E-state index contributed by atoms with van der Waals surface area (Å²) in [5.74, 6) is -0.502. The number of likely N-dealkylation sites (tertiary alicyclic amines) is 1. The molecule has 7 nitrogen and oxygen atoms in total. The third-order valence-corrected chi connectivity index (χ3v) is 3.63. The molecular formula is C13H14ClN3O4. The molecule has 0 aromatic heterocycles. The van der Waals surface area contributed by atoms with E-state index in [-0.39, 0.29) is 18.0 Å². The Labute approximate surface area is 126 Å². The second kappa shape index (κ2) is 6.53. The number of carbonyl (C=O) groups excluding carboxylic acids is 2. The van der Waals surface area contributed by atoms with E-state index in [1.807, 2.05) is 0 Å². The normalized spacial score (nSPS) is 17.9. The number of nitrogens with one attached hydrogen (secondary N) is 1. The molecule has 1 amide bonds. The number of non-ortho nitro benzene ring substituents is 1. The van der Waals surface area contributed by atoms with Crippen LogP contribution in [-0.2, 0) is 9.59 Å². The molecule has 0 bridgehead atoms. The fraction of sp³-hybridized carbons (Fsp3) is 0.385. The minimum Gasteiger partial charge on any atom is -0.383 e. The van der Waals surface area contributed by atoms with Gasteiger partial charge in [0.05, 0.1) is 10.8 Å². The molecule has 112 valence electrons. The third kappa shape index (κ3) is 3.91. The monoisotopic (exact) mass is 311 g/mol. The predicted molar refractivity (Wildman–Crippen MR) is 77.1 cm³/mol. The third-order valence-electron chi connectivity index (χ3n) is 3.32. The molecule has 1 aromatic carbocycles. The zero-order chi connectivity index (χ0) is 15.4. The topological polar surface area (TPSA) is 92.6 Å². The van der Waals surface area contributed by atoms with Crippen molar-refractivity contribution in [2.24, 2.45) is 5.92 Å². The molecule has 2 rings (SSSR count). The maximum atomic E-state index is 11.7. The fourth-order valence-electron chi connectivity index (χ4n) is 2.18. The molecule has 1 aromatic rings. The molecule has 1 fully saturated rings. The zero-order valence-corrected chi connectivity index (χ0v) is 11.9. The van der Waals surface area contributed by atoms with Crippen molar-refractivity contribution in [2.75, 3.05) is 25.0 Å². The summed E-state index contributed by atoms with van der Waals surface area (Å²) in [4.78, 5) is 34.3. The van der Waals surface area contributed by atoms with Gasteiger partial charge in [0.15, 0.2) is 0 Å². The Morgan fingerprint density at radius 1 is 1.43 bits per heavy atom. The average molecular weight is 312 g/mol. The molecule has 0 radical (unpaired) electrons. The van der Waals surface area contributed by atoms with Crippen LogP contribution in [0.1, 0.15) is 6.42 Å². The smallest absolute Gasteiger partial charge is 0.269 e. The molecule has 1 N–H and O–H groups in total. The first-order valence-corrected chi connectivity index (χ1v) is 6.80. The van der Waals surface area contributed by atoms with E-state index in [9.17, 15) is 19.7 Å². The molecule has 0 saturated carbocycles. The van der Waals surface area contributed by atoms with Crippen LogP contribution >= 0.6 is 11.6 Å². The van der Waals surface area contributed by atoms with Gasteiger partial charge in [0, 0.05) is 43.9 Å². The second-order valence-electron chi connectivity index (χ2n) is 4.78. The van der Waals surface area contributed by atoms with Crippen molar-refractivity contribution in [1.29, 1.82) is 0 Å². The maximum Gasteiger partial charge on any atom is 0.269 e. The first kappa shape index (κ1) is 15.2. The second-order valence-corrected chi connectivity index (χ2v) is 5.15. The summed E-state index contributed by atoms with van der Waals surface area (Å²) in [5.41, 5.74) is 0.760. The summed E-state index contributed by atoms with van der Waals surface area (Å²) >= 11 is 5.40. The summed E-state index contributed by atoms with van der Waals surface area (Å²) in [6.07, 6.45) is 0.167. The molecule has 1 heterocycles. The van der Waals surface area contributed by atoms with Gasteiger partial charge in [-0.25, -0.2) is 0 Å². The van der Waals surface area contributed by atoms with Crippen molar-refractivity contribution in [1.82, 2.24) is 4.90 Å². The van der Waals surface area contributed by atoms with Crippen LogP contribution in [0.4, 0.5) is 11.4 Å². The maximum absolute atomic E-state index is 11.7. The van der Waals surface area contributed by atoms with Crippen LogP contribution in [0.2, 0.25) is 0 Å². The van der Waals surface area contributed by atoms with Gasteiger partial charge in [-0.15, -0.1) is 0 Å². The van der Waals surface area contributed by atoms with Crippen molar-refractivity contribution < 1.29 is 14.5 Å². The van der Waals surface area contributed by atoms with E-state index >= 15 is 0 Å². The van der Waals surface area contributed by atoms with Crippen LogP contribution < -0.4 is 5.32 Å². The molecule has 1 aliphatic rings. The van der Waals surface area contributed by atoms with Gasteiger partial charge < -0.3 is 10.2 Å². The number of benzene rings is 1. The lowest BCUT2D eigenvalue weighted by Gasteiger charge is -2.16. The lowest BCUT2D eigenvalue weighted by Crippen LogP contribution is -2.30.